The van der Waals surface area contributed by atoms with Gasteiger partial charge < -0.3 is 4.57 Å². The molecule has 2 nitrogen and oxygen atoms in total. The zero-order valence-corrected chi connectivity index (χ0v) is 7.04. The summed E-state index contributed by atoms with van der Waals surface area (Å²) in [6, 6.07) is 5.90. The van der Waals surface area contributed by atoms with Crippen molar-refractivity contribution in [1.29, 1.82) is 0 Å². The third-order valence-corrected chi connectivity index (χ3v) is 1.81. The van der Waals surface area contributed by atoms with Crippen LogP contribution in [-0.4, -0.2) is 15.7 Å². The summed E-state index contributed by atoms with van der Waals surface area (Å²) in [5.41, 5.74) is 0.334. The van der Waals surface area contributed by atoms with E-state index < -0.39 is 12.7 Å². The van der Waals surface area contributed by atoms with E-state index in [1.807, 2.05) is 0 Å². The number of alkyl halides is 3. The van der Waals surface area contributed by atoms with Crippen molar-refractivity contribution < 1.29 is 13.2 Å². The third-order valence-electron chi connectivity index (χ3n) is 1.81. The summed E-state index contributed by atoms with van der Waals surface area (Å²) in [7, 11) is 0. The molecule has 1 radical (unpaired) electrons. The van der Waals surface area contributed by atoms with Crippen molar-refractivity contribution in [3.05, 3.63) is 30.6 Å². The molecule has 0 aliphatic heterocycles. The van der Waals surface area contributed by atoms with Gasteiger partial charge in [0.2, 0.25) is 0 Å². The SMILES string of the molecule is FC(F)(F)Cn1ccc2c[c]cnc21. The van der Waals surface area contributed by atoms with Crippen molar-refractivity contribution in [2.24, 2.45) is 0 Å². The normalized spacial score (nSPS) is 12.2. The number of pyridine rings is 1. The van der Waals surface area contributed by atoms with Gasteiger partial charge >= 0.3 is 6.18 Å². The number of halogens is 3. The monoisotopic (exact) mass is 199 g/mol. The number of nitrogens with zero attached hydrogens (tertiary/aromatic N) is 2. The van der Waals surface area contributed by atoms with Crippen LogP contribution in [0.25, 0.3) is 11.0 Å². The first-order valence-electron chi connectivity index (χ1n) is 3.94. The van der Waals surface area contributed by atoms with Crippen LogP contribution in [0.4, 0.5) is 13.2 Å². The van der Waals surface area contributed by atoms with Gasteiger partial charge in [-0.05, 0) is 12.1 Å². The Balaban J connectivity index is 2.44. The van der Waals surface area contributed by atoms with Crippen LogP contribution in [0.2, 0.25) is 0 Å². The summed E-state index contributed by atoms with van der Waals surface area (Å²) in [5, 5.41) is 0.664. The van der Waals surface area contributed by atoms with Gasteiger partial charge in [0, 0.05) is 23.8 Å². The van der Waals surface area contributed by atoms with Gasteiger partial charge in [0.15, 0.2) is 0 Å². The number of aromatic nitrogens is 2. The zero-order valence-electron chi connectivity index (χ0n) is 7.04. The average Bonchev–Trinajstić information content (AvgIpc) is 2.47. The van der Waals surface area contributed by atoms with Crippen LogP contribution >= 0.6 is 0 Å². The average molecular weight is 199 g/mol. The topological polar surface area (TPSA) is 17.8 Å². The van der Waals surface area contributed by atoms with Gasteiger partial charge in [-0.1, -0.05) is 0 Å². The highest BCUT2D eigenvalue weighted by atomic mass is 19.4. The molecule has 0 bridgehead atoms. The molecule has 0 N–H and O–H groups in total. The summed E-state index contributed by atoms with van der Waals surface area (Å²) in [4.78, 5) is 3.83. The van der Waals surface area contributed by atoms with Crippen molar-refractivity contribution in [2.45, 2.75) is 12.7 Å². The first kappa shape index (κ1) is 9.05. The van der Waals surface area contributed by atoms with E-state index >= 15 is 0 Å². The summed E-state index contributed by atoms with van der Waals surface area (Å²) in [6.07, 6.45) is -1.48. The minimum atomic E-state index is -4.22. The van der Waals surface area contributed by atoms with E-state index in [0.29, 0.717) is 11.0 Å². The fourth-order valence-electron chi connectivity index (χ4n) is 1.29. The van der Waals surface area contributed by atoms with Crippen LogP contribution in [0.3, 0.4) is 0 Å². The van der Waals surface area contributed by atoms with Crippen LogP contribution in [0.1, 0.15) is 0 Å². The van der Waals surface area contributed by atoms with E-state index in [1.54, 1.807) is 12.1 Å². The van der Waals surface area contributed by atoms with Gasteiger partial charge in [-0.25, -0.2) is 4.98 Å². The lowest BCUT2D eigenvalue weighted by molar-refractivity contribution is -0.139. The molecule has 5 heteroatoms. The number of hydrogen-bond acceptors (Lipinski definition) is 1. The van der Waals surface area contributed by atoms with Crippen LogP contribution < -0.4 is 0 Å². The van der Waals surface area contributed by atoms with E-state index in [-0.39, 0.29) is 0 Å². The number of rotatable bonds is 1. The maximum atomic E-state index is 12.1. The molecule has 0 saturated heterocycles. The molecule has 0 spiro atoms. The number of hydrogen-bond donors (Lipinski definition) is 0. The van der Waals surface area contributed by atoms with Crippen LogP contribution in [-0.2, 0) is 6.54 Å². The molecule has 73 valence electrons. The highest BCUT2D eigenvalue weighted by Gasteiger charge is 2.28. The van der Waals surface area contributed by atoms with Crippen molar-refractivity contribution >= 4 is 11.0 Å². The quantitative estimate of drug-likeness (QED) is 0.689. The predicted molar refractivity (Wildman–Crippen MR) is 44.6 cm³/mol. The van der Waals surface area contributed by atoms with Crippen molar-refractivity contribution in [3.8, 4) is 0 Å². The molecule has 0 aliphatic carbocycles. The molecule has 0 fully saturated rings. The van der Waals surface area contributed by atoms with E-state index in [1.165, 1.54) is 12.4 Å². The maximum Gasteiger partial charge on any atom is 0.406 e. The standard InChI is InChI=1S/C9H6F3N2/c10-9(11,12)6-14-5-3-7-2-1-4-13-8(7)14/h2-5H,6H2. The molecule has 2 rings (SSSR count). The largest absolute Gasteiger partial charge is 0.406 e. The minimum absolute atomic E-state index is 0.334. The summed E-state index contributed by atoms with van der Waals surface area (Å²) in [6.45, 7) is -1.01. The molecule has 0 unspecified atom stereocenters. The molecule has 0 aromatic carbocycles. The van der Waals surface area contributed by atoms with E-state index in [2.05, 4.69) is 11.1 Å². The van der Waals surface area contributed by atoms with Gasteiger partial charge in [0.05, 0.1) is 0 Å². The lowest BCUT2D eigenvalue weighted by Crippen LogP contribution is -2.17. The Bertz CT molecular complexity index is 444. The minimum Gasteiger partial charge on any atom is -0.323 e. The van der Waals surface area contributed by atoms with E-state index in [0.717, 1.165) is 4.57 Å². The summed E-state index contributed by atoms with van der Waals surface area (Å²) >= 11 is 0. The maximum absolute atomic E-state index is 12.1. The molecule has 14 heavy (non-hydrogen) atoms. The van der Waals surface area contributed by atoms with Crippen LogP contribution in [0, 0.1) is 6.07 Å². The van der Waals surface area contributed by atoms with Gasteiger partial charge in [-0.3, -0.25) is 0 Å². The fourth-order valence-corrected chi connectivity index (χ4v) is 1.29. The molecule has 0 aliphatic rings. The van der Waals surface area contributed by atoms with E-state index in [9.17, 15) is 13.2 Å². The molecule has 2 heterocycles. The van der Waals surface area contributed by atoms with Gasteiger partial charge in [-0.2, -0.15) is 13.2 Å². The van der Waals surface area contributed by atoms with Crippen molar-refractivity contribution in [1.82, 2.24) is 9.55 Å². The number of fused-ring (bicyclic) bond motifs is 1. The lowest BCUT2D eigenvalue weighted by Gasteiger charge is -2.07. The Morgan fingerprint density at radius 2 is 2.21 bits per heavy atom. The second-order valence-electron chi connectivity index (χ2n) is 2.91. The second kappa shape index (κ2) is 3.01. The molecule has 2 aromatic rings. The predicted octanol–water partition coefficient (Wildman–Crippen LogP) is 2.40. The first-order chi connectivity index (χ1) is 6.56. The van der Waals surface area contributed by atoms with Crippen LogP contribution in [0.5, 0.6) is 0 Å². The van der Waals surface area contributed by atoms with Crippen molar-refractivity contribution in [3.63, 3.8) is 0 Å². The third kappa shape index (κ3) is 1.71. The Morgan fingerprint density at radius 1 is 1.43 bits per heavy atom. The van der Waals surface area contributed by atoms with Gasteiger partial charge in [0.25, 0.3) is 0 Å². The molecule has 0 atom stereocenters. The Morgan fingerprint density at radius 3 is 2.93 bits per heavy atom. The second-order valence-corrected chi connectivity index (χ2v) is 2.91. The zero-order chi connectivity index (χ0) is 10.2. The Kier molecular flexibility index (Phi) is 1.94. The van der Waals surface area contributed by atoms with Gasteiger partial charge in [-0.15, -0.1) is 0 Å². The Labute approximate surface area is 78.0 Å². The smallest absolute Gasteiger partial charge is 0.323 e. The van der Waals surface area contributed by atoms with Crippen LogP contribution in [0.15, 0.2) is 24.5 Å². The highest BCUT2D eigenvalue weighted by molar-refractivity contribution is 5.75. The summed E-state index contributed by atoms with van der Waals surface area (Å²) in [5.74, 6) is 0. The molecule has 2 aromatic heterocycles. The highest BCUT2D eigenvalue weighted by Crippen LogP contribution is 2.21. The van der Waals surface area contributed by atoms with Gasteiger partial charge in [0.1, 0.15) is 12.2 Å². The van der Waals surface area contributed by atoms with E-state index in [4.69, 9.17) is 0 Å². The molecule has 0 saturated carbocycles. The van der Waals surface area contributed by atoms with Crippen molar-refractivity contribution in [2.75, 3.05) is 0 Å². The molecule has 0 amide bonds. The first-order valence-corrected chi connectivity index (χ1v) is 3.94. The Hall–Kier alpha value is -1.52. The fraction of sp³-hybridized carbons (Fsp3) is 0.222. The molecular weight excluding hydrogens is 193 g/mol. The molecular formula is C9H6F3N2. The lowest BCUT2D eigenvalue weighted by atomic mass is 10.3. The summed E-state index contributed by atoms with van der Waals surface area (Å²) < 4.78 is 37.3.